The summed E-state index contributed by atoms with van der Waals surface area (Å²) in [5.74, 6) is -1.11. The lowest BCUT2D eigenvalue weighted by atomic mass is 10.1. The second-order valence-corrected chi connectivity index (χ2v) is 5.24. The molecule has 0 fully saturated rings. The van der Waals surface area contributed by atoms with Crippen molar-refractivity contribution in [1.29, 1.82) is 0 Å². The van der Waals surface area contributed by atoms with Gasteiger partial charge in [0.05, 0.1) is 17.2 Å². The molecule has 3 atom stereocenters. The minimum absolute atomic E-state index is 0.464. The number of halogens is 2. The first-order chi connectivity index (χ1) is 8.32. The van der Waals surface area contributed by atoms with Gasteiger partial charge in [0.15, 0.2) is 6.10 Å². The van der Waals surface area contributed by atoms with Crippen molar-refractivity contribution in [3.8, 4) is 0 Å². The molecule has 0 amide bonds. The van der Waals surface area contributed by atoms with Crippen LogP contribution in [0.4, 0.5) is 0 Å². The van der Waals surface area contributed by atoms with Crippen LogP contribution < -0.4 is 0 Å². The Bertz CT molecular complexity index is 436. The van der Waals surface area contributed by atoms with Gasteiger partial charge in [0.25, 0.3) is 0 Å². The average molecular weight is 338 g/mol. The van der Waals surface area contributed by atoms with Crippen molar-refractivity contribution in [2.45, 2.75) is 32.2 Å². The molecule has 0 bridgehead atoms. The van der Waals surface area contributed by atoms with E-state index in [1.165, 1.54) is 0 Å². The average Bonchev–Trinajstić information content (AvgIpc) is 2.29. The predicted octanol–water partition coefficient (Wildman–Crippen LogP) is 3.01. The number of aliphatic hydroxyl groups is 1. The Morgan fingerprint density at radius 2 is 2.06 bits per heavy atom. The van der Waals surface area contributed by atoms with Gasteiger partial charge in [-0.15, -0.1) is 0 Å². The third kappa shape index (κ3) is 3.95. The largest absolute Gasteiger partial charge is 0.479 e. The quantitative estimate of drug-likeness (QED) is 0.867. The zero-order valence-electron chi connectivity index (χ0n) is 9.93. The van der Waals surface area contributed by atoms with Crippen molar-refractivity contribution in [1.82, 2.24) is 0 Å². The normalized spacial score (nSPS) is 16.1. The van der Waals surface area contributed by atoms with Crippen LogP contribution >= 0.6 is 27.5 Å². The fourth-order valence-electron chi connectivity index (χ4n) is 1.28. The van der Waals surface area contributed by atoms with Gasteiger partial charge in [0.1, 0.15) is 0 Å². The van der Waals surface area contributed by atoms with Gasteiger partial charge in [-0.05, 0) is 47.5 Å². The summed E-state index contributed by atoms with van der Waals surface area (Å²) in [6, 6.07) is 4.77. The number of aliphatic carboxylic acids is 1. The summed E-state index contributed by atoms with van der Waals surface area (Å²) < 4.78 is 5.94. The van der Waals surface area contributed by atoms with E-state index in [0.717, 1.165) is 0 Å². The van der Waals surface area contributed by atoms with E-state index in [1.807, 2.05) is 0 Å². The number of ether oxygens (including phenoxy) is 1. The summed E-state index contributed by atoms with van der Waals surface area (Å²) in [7, 11) is 0. The monoisotopic (exact) mass is 336 g/mol. The minimum Gasteiger partial charge on any atom is -0.479 e. The minimum atomic E-state index is -1.14. The molecule has 2 N–H and O–H groups in total. The molecular formula is C12H14BrClO4. The van der Waals surface area contributed by atoms with Crippen LogP contribution in [0.3, 0.4) is 0 Å². The van der Waals surface area contributed by atoms with Crippen LogP contribution in [0, 0.1) is 0 Å². The Kier molecular flexibility index (Phi) is 5.59. The third-order valence-electron chi connectivity index (χ3n) is 2.50. The SMILES string of the molecule is CC(O)C(C)OC(C(=O)O)c1ccc(Cl)c(Br)c1. The first-order valence-corrected chi connectivity index (χ1v) is 6.51. The number of hydrogen-bond donors (Lipinski definition) is 2. The van der Waals surface area contributed by atoms with Gasteiger partial charge in [-0.3, -0.25) is 0 Å². The molecule has 0 aliphatic heterocycles. The second-order valence-electron chi connectivity index (χ2n) is 3.97. The molecule has 1 aromatic rings. The van der Waals surface area contributed by atoms with Gasteiger partial charge in [0, 0.05) is 4.47 Å². The molecule has 0 aliphatic carbocycles. The standard InChI is InChI=1S/C12H14BrClO4/c1-6(15)7(2)18-11(12(16)17)8-3-4-10(14)9(13)5-8/h3-7,11,15H,1-2H3,(H,16,17). The number of aliphatic hydroxyl groups excluding tert-OH is 1. The maximum absolute atomic E-state index is 11.2. The molecule has 0 aromatic heterocycles. The lowest BCUT2D eigenvalue weighted by Crippen LogP contribution is -2.28. The number of carboxylic acid groups (broad SMARTS) is 1. The number of carbonyl (C=O) groups is 1. The Morgan fingerprint density at radius 3 is 2.50 bits per heavy atom. The molecule has 0 heterocycles. The molecule has 0 saturated carbocycles. The Hall–Kier alpha value is -0.620. The number of carboxylic acids is 1. The summed E-state index contributed by atoms with van der Waals surface area (Å²) >= 11 is 9.07. The van der Waals surface area contributed by atoms with Gasteiger partial charge < -0.3 is 14.9 Å². The van der Waals surface area contributed by atoms with Crippen molar-refractivity contribution in [2.75, 3.05) is 0 Å². The molecule has 0 aliphatic rings. The van der Waals surface area contributed by atoms with Gasteiger partial charge >= 0.3 is 5.97 Å². The van der Waals surface area contributed by atoms with Crippen molar-refractivity contribution in [3.63, 3.8) is 0 Å². The molecule has 0 radical (unpaired) electrons. The Balaban J connectivity index is 2.97. The molecule has 18 heavy (non-hydrogen) atoms. The molecule has 1 rings (SSSR count). The van der Waals surface area contributed by atoms with Gasteiger partial charge in [-0.1, -0.05) is 17.7 Å². The van der Waals surface area contributed by atoms with Crippen LogP contribution in [0.15, 0.2) is 22.7 Å². The highest BCUT2D eigenvalue weighted by atomic mass is 79.9. The van der Waals surface area contributed by atoms with Crippen LogP contribution in [-0.2, 0) is 9.53 Å². The fourth-order valence-corrected chi connectivity index (χ4v) is 1.80. The molecule has 0 spiro atoms. The highest BCUT2D eigenvalue weighted by Gasteiger charge is 2.25. The first kappa shape index (κ1) is 15.4. The molecule has 4 nitrogen and oxygen atoms in total. The molecule has 6 heteroatoms. The lowest BCUT2D eigenvalue weighted by molar-refractivity contribution is -0.158. The van der Waals surface area contributed by atoms with E-state index < -0.39 is 24.3 Å². The van der Waals surface area contributed by atoms with E-state index in [-0.39, 0.29) is 0 Å². The molecule has 100 valence electrons. The van der Waals surface area contributed by atoms with E-state index in [9.17, 15) is 9.90 Å². The smallest absolute Gasteiger partial charge is 0.337 e. The maximum atomic E-state index is 11.2. The summed E-state index contributed by atoms with van der Waals surface area (Å²) in [6.45, 7) is 3.16. The summed E-state index contributed by atoms with van der Waals surface area (Å²) in [6.07, 6.45) is -2.47. The molecule has 0 saturated heterocycles. The van der Waals surface area contributed by atoms with Gasteiger partial charge in [-0.25, -0.2) is 4.79 Å². The Morgan fingerprint density at radius 1 is 1.44 bits per heavy atom. The van der Waals surface area contributed by atoms with E-state index >= 15 is 0 Å². The van der Waals surface area contributed by atoms with Crippen molar-refractivity contribution >= 4 is 33.5 Å². The second kappa shape index (κ2) is 6.52. The Labute approximate surface area is 119 Å². The predicted molar refractivity (Wildman–Crippen MR) is 71.8 cm³/mol. The van der Waals surface area contributed by atoms with E-state index in [4.69, 9.17) is 21.4 Å². The summed E-state index contributed by atoms with van der Waals surface area (Å²) in [4.78, 5) is 11.2. The highest BCUT2D eigenvalue weighted by molar-refractivity contribution is 9.10. The van der Waals surface area contributed by atoms with Gasteiger partial charge in [0.2, 0.25) is 0 Å². The van der Waals surface area contributed by atoms with Crippen LogP contribution in [0.2, 0.25) is 5.02 Å². The summed E-state index contributed by atoms with van der Waals surface area (Å²) in [5.41, 5.74) is 0.464. The topological polar surface area (TPSA) is 66.8 Å². The number of rotatable bonds is 5. The third-order valence-corrected chi connectivity index (χ3v) is 3.71. The number of hydrogen-bond acceptors (Lipinski definition) is 3. The van der Waals surface area contributed by atoms with E-state index in [0.29, 0.717) is 15.1 Å². The van der Waals surface area contributed by atoms with Crippen molar-refractivity contribution in [2.24, 2.45) is 0 Å². The lowest BCUT2D eigenvalue weighted by Gasteiger charge is -2.21. The molecule has 1 aromatic carbocycles. The van der Waals surface area contributed by atoms with Crippen molar-refractivity contribution < 1.29 is 19.7 Å². The first-order valence-electron chi connectivity index (χ1n) is 5.34. The highest BCUT2D eigenvalue weighted by Crippen LogP contribution is 2.28. The van der Waals surface area contributed by atoms with Gasteiger partial charge in [-0.2, -0.15) is 0 Å². The number of benzene rings is 1. The maximum Gasteiger partial charge on any atom is 0.337 e. The molecule has 3 unspecified atom stereocenters. The summed E-state index contributed by atoms with van der Waals surface area (Å²) in [5, 5.41) is 19.0. The fraction of sp³-hybridized carbons (Fsp3) is 0.417. The zero-order chi connectivity index (χ0) is 13.9. The van der Waals surface area contributed by atoms with Crippen molar-refractivity contribution in [3.05, 3.63) is 33.3 Å². The zero-order valence-corrected chi connectivity index (χ0v) is 12.3. The van der Waals surface area contributed by atoms with E-state index in [1.54, 1.807) is 32.0 Å². The van der Waals surface area contributed by atoms with Crippen LogP contribution in [0.25, 0.3) is 0 Å². The van der Waals surface area contributed by atoms with Crippen LogP contribution in [0.5, 0.6) is 0 Å². The van der Waals surface area contributed by atoms with Crippen LogP contribution in [0.1, 0.15) is 25.5 Å². The van der Waals surface area contributed by atoms with E-state index in [2.05, 4.69) is 15.9 Å². The van der Waals surface area contributed by atoms with Crippen LogP contribution in [-0.4, -0.2) is 28.4 Å². The molecular weight excluding hydrogens is 323 g/mol.